The SMILES string of the molecule is CCNC(=NCC(C)(C)N1CCCCC1)NCC1CCN(Cc2nc(C)c(C)o2)CC1. The Morgan fingerprint density at radius 2 is 1.81 bits per heavy atom. The van der Waals surface area contributed by atoms with E-state index in [1.807, 2.05) is 13.8 Å². The fourth-order valence-corrected chi connectivity index (χ4v) is 4.60. The number of nitrogens with zero attached hydrogens (tertiary/aromatic N) is 4. The van der Waals surface area contributed by atoms with E-state index in [0.29, 0.717) is 5.92 Å². The van der Waals surface area contributed by atoms with Gasteiger partial charge < -0.3 is 15.1 Å². The Hall–Kier alpha value is -1.60. The van der Waals surface area contributed by atoms with Crippen LogP contribution in [-0.4, -0.2) is 72.1 Å². The second kappa shape index (κ2) is 11.3. The zero-order chi connectivity index (χ0) is 22.3. The van der Waals surface area contributed by atoms with Crippen LogP contribution in [0.25, 0.3) is 0 Å². The van der Waals surface area contributed by atoms with Gasteiger partial charge >= 0.3 is 0 Å². The van der Waals surface area contributed by atoms with Gasteiger partial charge in [0.1, 0.15) is 5.76 Å². The van der Waals surface area contributed by atoms with Crippen LogP contribution in [0.3, 0.4) is 0 Å². The molecule has 0 saturated carbocycles. The summed E-state index contributed by atoms with van der Waals surface area (Å²) in [5.41, 5.74) is 1.12. The molecule has 0 amide bonds. The molecule has 0 unspecified atom stereocenters. The fourth-order valence-electron chi connectivity index (χ4n) is 4.60. The van der Waals surface area contributed by atoms with Crippen molar-refractivity contribution in [3.05, 3.63) is 17.3 Å². The standard InChI is InChI=1S/C24H44N6O/c1-6-25-23(27-18-24(4,5)30-12-8-7-9-13-30)26-16-21-10-14-29(15-11-21)17-22-28-19(2)20(3)31-22/h21H,6-18H2,1-5H3,(H2,25,26,27). The van der Waals surface area contributed by atoms with Gasteiger partial charge in [-0.3, -0.25) is 14.8 Å². The summed E-state index contributed by atoms with van der Waals surface area (Å²) < 4.78 is 5.76. The van der Waals surface area contributed by atoms with Crippen LogP contribution in [0.1, 0.15) is 70.2 Å². The highest BCUT2D eigenvalue weighted by atomic mass is 16.4. The molecule has 0 aromatic carbocycles. The van der Waals surface area contributed by atoms with Crippen LogP contribution in [0.15, 0.2) is 9.41 Å². The van der Waals surface area contributed by atoms with Crippen molar-refractivity contribution < 1.29 is 4.42 Å². The first-order valence-corrected chi connectivity index (χ1v) is 12.3. The van der Waals surface area contributed by atoms with Gasteiger partial charge in [-0.25, -0.2) is 4.98 Å². The summed E-state index contributed by atoms with van der Waals surface area (Å²) in [6.45, 7) is 18.9. The number of oxazole rings is 1. The molecule has 2 saturated heterocycles. The average molecular weight is 433 g/mol. The number of guanidine groups is 1. The Morgan fingerprint density at radius 1 is 1.10 bits per heavy atom. The van der Waals surface area contributed by atoms with Crippen LogP contribution < -0.4 is 10.6 Å². The van der Waals surface area contributed by atoms with E-state index in [9.17, 15) is 0 Å². The number of aryl methyl sites for hydroxylation is 2. The van der Waals surface area contributed by atoms with Crippen LogP contribution in [0.5, 0.6) is 0 Å². The molecule has 7 heteroatoms. The number of hydrogen-bond acceptors (Lipinski definition) is 5. The van der Waals surface area contributed by atoms with E-state index in [4.69, 9.17) is 9.41 Å². The summed E-state index contributed by atoms with van der Waals surface area (Å²) in [6.07, 6.45) is 6.41. The molecule has 3 heterocycles. The van der Waals surface area contributed by atoms with E-state index in [0.717, 1.165) is 62.6 Å². The van der Waals surface area contributed by atoms with E-state index >= 15 is 0 Å². The summed E-state index contributed by atoms with van der Waals surface area (Å²) in [4.78, 5) is 14.5. The third-order valence-corrected chi connectivity index (χ3v) is 6.88. The molecule has 2 aliphatic rings. The first-order chi connectivity index (χ1) is 14.9. The van der Waals surface area contributed by atoms with Gasteiger partial charge in [0.25, 0.3) is 0 Å². The Balaban J connectivity index is 1.43. The van der Waals surface area contributed by atoms with Gasteiger partial charge in [0.2, 0.25) is 5.89 Å². The molecule has 2 fully saturated rings. The highest BCUT2D eigenvalue weighted by molar-refractivity contribution is 5.79. The van der Waals surface area contributed by atoms with Crippen LogP contribution in [0.2, 0.25) is 0 Å². The van der Waals surface area contributed by atoms with E-state index in [1.165, 1.54) is 45.2 Å². The minimum Gasteiger partial charge on any atom is -0.444 e. The van der Waals surface area contributed by atoms with Crippen LogP contribution in [-0.2, 0) is 6.54 Å². The molecule has 0 bridgehead atoms. The Bertz CT molecular complexity index is 679. The topological polar surface area (TPSA) is 68.9 Å². The summed E-state index contributed by atoms with van der Waals surface area (Å²) in [7, 11) is 0. The van der Waals surface area contributed by atoms with Crippen molar-refractivity contribution in [2.75, 3.05) is 45.8 Å². The van der Waals surface area contributed by atoms with E-state index in [1.54, 1.807) is 0 Å². The summed E-state index contributed by atoms with van der Waals surface area (Å²) in [5.74, 6) is 3.43. The summed E-state index contributed by atoms with van der Waals surface area (Å²) in [5, 5.41) is 7.05. The van der Waals surface area contributed by atoms with Crippen LogP contribution in [0.4, 0.5) is 0 Å². The third-order valence-electron chi connectivity index (χ3n) is 6.88. The highest BCUT2D eigenvalue weighted by Crippen LogP contribution is 2.21. The number of hydrogen-bond donors (Lipinski definition) is 2. The summed E-state index contributed by atoms with van der Waals surface area (Å²) >= 11 is 0. The lowest BCUT2D eigenvalue weighted by molar-refractivity contribution is 0.102. The van der Waals surface area contributed by atoms with Crippen molar-refractivity contribution in [1.29, 1.82) is 0 Å². The van der Waals surface area contributed by atoms with Crippen molar-refractivity contribution in [2.24, 2.45) is 10.9 Å². The molecule has 31 heavy (non-hydrogen) atoms. The average Bonchev–Trinajstić information content (AvgIpc) is 3.08. The lowest BCUT2D eigenvalue weighted by atomic mass is 9.97. The maximum absolute atomic E-state index is 5.76. The zero-order valence-electron chi connectivity index (χ0n) is 20.5. The number of rotatable bonds is 8. The first kappa shape index (κ1) is 24.1. The maximum atomic E-state index is 5.76. The zero-order valence-corrected chi connectivity index (χ0v) is 20.5. The molecular formula is C24H44N6O. The molecule has 0 radical (unpaired) electrons. The van der Waals surface area contributed by atoms with E-state index in [-0.39, 0.29) is 5.54 Å². The Labute approximate surface area is 189 Å². The van der Waals surface area contributed by atoms with Gasteiger partial charge in [-0.1, -0.05) is 6.42 Å². The number of piperidine rings is 2. The van der Waals surface area contributed by atoms with Crippen LogP contribution in [0, 0.1) is 19.8 Å². The molecule has 0 aliphatic carbocycles. The van der Waals surface area contributed by atoms with Gasteiger partial charge in [0, 0.05) is 18.6 Å². The van der Waals surface area contributed by atoms with Gasteiger partial charge in [-0.05, 0) is 92.4 Å². The monoisotopic (exact) mass is 432 g/mol. The van der Waals surface area contributed by atoms with Crippen molar-refractivity contribution in [2.45, 2.75) is 78.8 Å². The first-order valence-electron chi connectivity index (χ1n) is 12.3. The van der Waals surface area contributed by atoms with Gasteiger partial charge in [0.05, 0.1) is 18.8 Å². The fraction of sp³-hybridized carbons (Fsp3) is 0.833. The number of aliphatic imine (C=N–C) groups is 1. The normalized spacial score (nSPS) is 20.2. The molecule has 2 aliphatic heterocycles. The lowest BCUT2D eigenvalue weighted by Gasteiger charge is -2.40. The van der Waals surface area contributed by atoms with Gasteiger partial charge in [-0.2, -0.15) is 0 Å². The molecule has 176 valence electrons. The predicted octanol–water partition coefficient (Wildman–Crippen LogP) is 3.32. The number of likely N-dealkylation sites (tertiary alicyclic amines) is 2. The Kier molecular flexibility index (Phi) is 8.78. The van der Waals surface area contributed by atoms with Crippen molar-refractivity contribution >= 4 is 5.96 Å². The predicted molar refractivity (Wildman–Crippen MR) is 127 cm³/mol. The quantitative estimate of drug-likeness (QED) is 0.485. The second-order valence-corrected chi connectivity index (χ2v) is 9.90. The third kappa shape index (κ3) is 7.21. The second-order valence-electron chi connectivity index (χ2n) is 9.90. The van der Waals surface area contributed by atoms with Crippen molar-refractivity contribution in [3.8, 4) is 0 Å². The van der Waals surface area contributed by atoms with Crippen molar-refractivity contribution in [3.63, 3.8) is 0 Å². The number of nitrogens with one attached hydrogen (secondary N) is 2. The van der Waals surface area contributed by atoms with Crippen molar-refractivity contribution in [1.82, 2.24) is 25.4 Å². The minimum absolute atomic E-state index is 0.116. The molecule has 3 rings (SSSR count). The maximum Gasteiger partial charge on any atom is 0.208 e. The molecule has 1 aromatic rings. The molecule has 7 nitrogen and oxygen atoms in total. The van der Waals surface area contributed by atoms with E-state index in [2.05, 4.69) is 46.2 Å². The van der Waals surface area contributed by atoms with E-state index < -0.39 is 0 Å². The molecule has 1 aromatic heterocycles. The number of aromatic nitrogens is 1. The minimum atomic E-state index is 0.116. The van der Waals surface area contributed by atoms with Crippen LogP contribution >= 0.6 is 0 Å². The molecular weight excluding hydrogens is 388 g/mol. The Morgan fingerprint density at radius 3 is 2.42 bits per heavy atom. The summed E-state index contributed by atoms with van der Waals surface area (Å²) in [6, 6.07) is 0. The largest absolute Gasteiger partial charge is 0.444 e. The molecule has 0 atom stereocenters. The molecule has 0 spiro atoms. The lowest BCUT2D eigenvalue weighted by Crippen LogP contribution is -2.50. The highest BCUT2D eigenvalue weighted by Gasteiger charge is 2.28. The van der Waals surface area contributed by atoms with Gasteiger partial charge in [0.15, 0.2) is 5.96 Å². The molecule has 2 N–H and O–H groups in total. The van der Waals surface area contributed by atoms with Gasteiger partial charge in [-0.15, -0.1) is 0 Å². The smallest absolute Gasteiger partial charge is 0.208 e.